The van der Waals surface area contributed by atoms with E-state index in [1.165, 1.54) is 18.4 Å². The molecule has 1 atom stereocenters. The van der Waals surface area contributed by atoms with Crippen molar-refractivity contribution in [2.45, 2.75) is 32.0 Å². The van der Waals surface area contributed by atoms with Gasteiger partial charge in [-0.15, -0.1) is 0 Å². The zero-order valence-electron chi connectivity index (χ0n) is 15.3. The molecule has 26 heavy (non-hydrogen) atoms. The van der Waals surface area contributed by atoms with E-state index in [0.29, 0.717) is 13.2 Å². The van der Waals surface area contributed by atoms with Crippen LogP contribution in [0.25, 0.3) is 0 Å². The highest BCUT2D eigenvalue weighted by Gasteiger charge is 2.25. The SMILES string of the molecule is CN1CCOCC1c1n[nH]c(CNCc2ccccc2OCC2CC2)n1. The molecule has 2 aliphatic rings. The summed E-state index contributed by atoms with van der Waals surface area (Å²) in [6.45, 7) is 4.54. The summed E-state index contributed by atoms with van der Waals surface area (Å²) in [6.07, 6.45) is 2.60. The fourth-order valence-corrected chi connectivity index (χ4v) is 3.09. The van der Waals surface area contributed by atoms with Crippen LogP contribution in [0.1, 0.15) is 36.1 Å². The molecule has 140 valence electrons. The van der Waals surface area contributed by atoms with Gasteiger partial charge < -0.3 is 14.8 Å². The van der Waals surface area contributed by atoms with Gasteiger partial charge in [0.05, 0.1) is 32.4 Å². The maximum atomic E-state index is 5.96. The second-order valence-electron chi connectivity index (χ2n) is 7.18. The van der Waals surface area contributed by atoms with Crippen molar-refractivity contribution in [2.24, 2.45) is 5.92 Å². The maximum Gasteiger partial charge on any atom is 0.170 e. The Hall–Kier alpha value is -1.96. The number of morpholine rings is 1. The van der Waals surface area contributed by atoms with Crippen LogP contribution in [0.3, 0.4) is 0 Å². The van der Waals surface area contributed by atoms with Gasteiger partial charge >= 0.3 is 0 Å². The van der Waals surface area contributed by atoms with Crippen LogP contribution in [0.5, 0.6) is 5.75 Å². The van der Waals surface area contributed by atoms with Crippen LogP contribution in [0.4, 0.5) is 0 Å². The summed E-state index contributed by atoms with van der Waals surface area (Å²) in [4.78, 5) is 6.86. The van der Waals surface area contributed by atoms with Crippen molar-refractivity contribution in [3.8, 4) is 5.75 Å². The minimum Gasteiger partial charge on any atom is -0.493 e. The average molecular weight is 357 g/mol. The Morgan fingerprint density at radius 1 is 1.31 bits per heavy atom. The molecule has 4 rings (SSSR count). The number of aromatic amines is 1. The molecule has 2 fully saturated rings. The van der Waals surface area contributed by atoms with E-state index in [9.17, 15) is 0 Å². The van der Waals surface area contributed by atoms with Crippen molar-refractivity contribution in [3.63, 3.8) is 0 Å². The quantitative estimate of drug-likeness (QED) is 0.751. The van der Waals surface area contributed by atoms with Gasteiger partial charge in [0.15, 0.2) is 5.82 Å². The summed E-state index contributed by atoms with van der Waals surface area (Å²) in [6, 6.07) is 8.36. The fourth-order valence-electron chi connectivity index (χ4n) is 3.09. The zero-order valence-corrected chi connectivity index (χ0v) is 15.3. The Bertz CT molecular complexity index is 715. The van der Waals surface area contributed by atoms with Crippen molar-refractivity contribution in [3.05, 3.63) is 41.5 Å². The summed E-state index contributed by atoms with van der Waals surface area (Å²) in [5.74, 6) is 3.38. The van der Waals surface area contributed by atoms with Gasteiger partial charge in [-0.05, 0) is 31.9 Å². The lowest BCUT2D eigenvalue weighted by molar-refractivity contribution is 0.00193. The highest BCUT2D eigenvalue weighted by Crippen LogP contribution is 2.30. The minimum atomic E-state index is 0.130. The molecule has 7 nitrogen and oxygen atoms in total. The first kappa shape index (κ1) is 17.5. The van der Waals surface area contributed by atoms with Crippen LogP contribution in [-0.2, 0) is 17.8 Å². The number of hydrogen-bond acceptors (Lipinski definition) is 6. The van der Waals surface area contributed by atoms with Gasteiger partial charge in [-0.1, -0.05) is 18.2 Å². The van der Waals surface area contributed by atoms with Gasteiger partial charge in [-0.3, -0.25) is 10.00 Å². The van der Waals surface area contributed by atoms with E-state index >= 15 is 0 Å². The molecule has 1 saturated heterocycles. The molecule has 1 saturated carbocycles. The van der Waals surface area contributed by atoms with Crippen LogP contribution in [0.15, 0.2) is 24.3 Å². The second kappa shape index (κ2) is 8.16. The molecule has 1 aliphatic carbocycles. The van der Waals surface area contributed by atoms with Crippen molar-refractivity contribution in [2.75, 3.05) is 33.4 Å². The molecule has 2 N–H and O–H groups in total. The molecule has 2 heterocycles. The minimum absolute atomic E-state index is 0.130. The number of aromatic nitrogens is 3. The molecule has 0 radical (unpaired) electrons. The van der Waals surface area contributed by atoms with Crippen LogP contribution in [0.2, 0.25) is 0 Å². The monoisotopic (exact) mass is 357 g/mol. The number of nitrogens with one attached hydrogen (secondary N) is 2. The van der Waals surface area contributed by atoms with E-state index in [2.05, 4.69) is 38.5 Å². The Labute approximate surface area is 154 Å². The Balaban J connectivity index is 1.29. The molecule has 7 heteroatoms. The van der Waals surface area contributed by atoms with Gasteiger partial charge in [0.2, 0.25) is 0 Å². The summed E-state index contributed by atoms with van der Waals surface area (Å²) in [7, 11) is 2.08. The van der Waals surface area contributed by atoms with Crippen molar-refractivity contribution >= 4 is 0 Å². The van der Waals surface area contributed by atoms with Gasteiger partial charge in [-0.2, -0.15) is 5.10 Å². The van der Waals surface area contributed by atoms with Crippen LogP contribution < -0.4 is 10.1 Å². The number of nitrogens with zero attached hydrogens (tertiary/aromatic N) is 3. The number of benzene rings is 1. The number of rotatable bonds is 8. The summed E-state index contributed by atoms with van der Waals surface area (Å²) in [5.41, 5.74) is 1.17. The third-order valence-corrected chi connectivity index (χ3v) is 5.00. The standard InChI is InChI=1S/C19H27N5O2/c1-24-8-9-25-13-16(24)19-21-18(22-23-19)11-20-10-15-4-2-3-5-17(15)26-12-14-6-7-14/h2-5,14,16,20H,6-13H2,1H3,(H,21,22,23). The van der Waals surface area contributed by atoms with E-state index < -0.39 is 0 Å². The molecule has 1 aromatic heterocycles. The topological polar surface area (TPSA) is 75.3 Å². The highest BCUT2D eigenvalue weighted by molar-refractivity contribution is 5.33. The van der Waals surface area contributed by atoms with Crippen LogP contribution in [0, 0.1) is 5.92 Å². The smallest absolute Gasteiger partial charge is 0.170 e. The number of ether oxygens (including phenoxy) is 2. The summed E-state index contributed by atoms with van der Waals surface area (Å²) < 4.78 is 11.5. The predicted molar refractivity (Wildman–Crippen MR) is 97.8 cm³/mol. The number of hydrogen-bond donors (Lipinski definition) is 2. The molecule has 1 aliphatic heterocycles. The Morgan fingerprint density at radius 2 is 2.19 bits per heavy atom. The van der Waals surface area contributed by atoms with Gasteiger partial charge in [0, 0.05) is 18.7 Å². The third-order valence-electron chi connectivity index (χ3n) is 5.00. The molecule has 1 aromatic carbocycles. The molecule has 0 bridgehead atoms. The fraction of sp³-hybridized carbons (Fsp3) is 0.579. The molecule has 2 aromatic rings. The van der Waals surface area contributed by atoms with E-state index in [0.717, 1.165) is 49.6 Å². The number of likely N-dealkylation sites (N-methyl/N-ethyl adjacent to an activating group) is 1. The van der Waals surface area contributed by atoms with Crippen molar-refractivity contribution < 1.29 is 9.47 Å². The first-order valence-corrected chi connectivity index (χ1v) is 9.40. The van der Waals surface area contributed by atoms with E-state index in [1.807, 2.05) is 18.2 Å². The Morgan fingerprint density at radius 3 is 3.04 bits per heavy atom. The average Bonchev–Trinajstić information content (AvgIpc) is 3.38. The number of H-pyrrole nitrogens is 1. The van der Waals surface area contributed by atoms with Crippen molar-refractivity contribution in [1.29, 1.82) is 0 Å². The second-order valence-corrected chi connectivity index (χ2v) is 7.18. The molecule has 1 unspecified atom stereocenters. The summed E-state index contributed by atoms with van der Waals surface area (Å²) >= 11 is 0. The van der Waals surface area contributed by atoms with Crippen molar-refractivity contribution in [1.82, 2.24) is 25.4 Å². The Kier molecular flexibility index (Phi) is 5.48. The molecule has 0 spiro atoms. The lowest BCUT2D eigenvalue weighted by atomic mass is 10.2. The van der Waals surface area contributed by atoms with E-state index in [1.54, 1.807) is 0 Å². The van der Waals surface area contributed by atoms with Crippen LogP contribution >= 0.6 is 0 Å². The lowest BCUT2D eigenvalue weighted by Gasteiger charge is -2.30. The predicted octanol–water partition coefficient (Wildman–Crippen LogP) is 1.89. The molecular formula is C19H27N5O2. The van der Waals surface area contributed by atoms with E-state index in [4.69, 9.17) is 9.47 Å². The van der Waals surface area contributed by atoms with Gasteiger partial charge in [0.25, 0.3) is 0 Å². The van der Waals surface area contributed by atoms with Gasteiger partial charge in [-0.25, -0.2) is 4.98 Å². The summed E-state index contributed by atoms with van der Waals surface area (Å²) in [5, 5.41) is 10.8. The lowest BCUT2D eigenvalue weighted by Crippen LogP contribution is -2.37. The maximum absolute atomic E-state index is 5.96. The zero-order chi connectivity index (χ0) is 17.8. The van der Waals surface area contributed by atoms with E-state index in [-0.39, 0.29) is 6.04 Å². The van der Waals surface area contributed by atoms with Gasteiger partial charge in [0.1, 0.15) is 11.6 Å². The van der Waals surface area contributed by atoms with Crippen LogP contribution in [-0.4, -0.2) is 53.5 Å². The first-order valence-electron chi connectivity index (χ1n) is 9.40. The first-order chi connectivity index (χ1) is 12.8. The number of para-hydroxylation sites is 1. The normalized spacial score (nSPS) is 21.0. The largest absolute Gasteiger partial charge is 0.493 e. The molecular weight excluding hydrogens is 330 g/mol. The molecule has 0 amide bonds. The highest BCUT2D eigenvalue weighted by atomic mass is 16.5. The third kappa shape index (κ3) is 4.41.